The Labute approximate surface area is 117 Å². The lowest BCUT2D eigenvalue weighted by atomic mass is 10.1. The standard InChI is InChI=1S/C14H17N5O/c1-3-13-14-9-12(20)10-17(11-5-7-15-8-6-11)19(14)18(4-2)16-13/h5-9H,3-4,10H2,1-2H3. The van der Waals surface area contributed by atoms with E-state index in [1.807, 2.05) is 41.2 Å². The Morgan fingerprint density at radius 1 is 1.25 bits per heavy atom. The molecule has 0 unspecified atom stereocenters. The van der Waals surface area contributed by atoms with Crippen molar-refractivity contribution in [2.24, 2.45) is 5.10 Å². The highest BCUT2D eigenvalue weighted by Crippen LogP contribution is 2.30. The Balaban J connectivity index is 2.03. The molecule has 6 heteroatoms. The third-order valence-corrected chi connectivity index (χ3v) is 3.38. The molecule has 0 atom stereocenters. The highest BCUT2D eigenvalue weighted by Gasteiger charge is 2.36. The highest BCUT2D eigenvalue weighted by atomic mass is 16.1. The number of fused-ring (bicyclic) bond motifs is 1. The molecule has 0 fully saturated rings. The van der Waals surface area contributed by atoms with E-state index in [0.717, 1.165) is 30.1 Å². The minimum atomic E-state index is 0.0900. The van der Waals surface area contributed by atoms with Crippen molar-refractivity contribution in [2.75, 3.05) is 18.1 Å². The van der Waals surface area contributed by atoms with Crippen LogP contribution in [0.15, 0.2) is 41.4 Å². The summed E-state index contributed by atoms with van der Waals surface area (Å²) in [5.74, 6) is 0.0900. The first kappa shape index (κ1) is 12.7. The van der Waals surface area contributed by atoms with Gasteiger partial charge in [-0.05, 0) is 25.5 Å². The molecular weight excluding hydrogens is 254 g/mol. The molecule has 104 valence electrons. The summed E-state index contributed by atoms with van der Waals surface area (Å²) in [7, 11) is 0. The molecule has 0 spiro atoms. The van der Waals surface area contributed by atoms with Gasteiger partial charge in [-0.1, -0.05) is 6.92 Å². The predicted octanol–water partition coefficient (Wildman–Crippen LogP) is 1.59. The number of carbonyl (C=O) groups excluding carboxylic acids is 1. The number of anilines is 1. The van der Waals surface area contributed by atoms with Gasteiger partial charge in [0.25, 0.3) is 0 Å². The highest BCUT2D eigenvalue weighted by molar-refractivity contribution is 6.08. The maximum atomic E-state index is 12.0. The molecule has 2 aliphatic heterocycles. The third-order valence-electron chi connectivity index (χ3n) is 3.38. The summed E-state index contributed by atoms with van der Waals surface area (Å²) in [6.07, 6.45) is 5.95. The smallest absolute Gasteiger partial charge is 0.179 e. The molecule has 3 rings (SSSR count). The summed E-state index contributed by atoms with van der Waals surface area (Å²) in [5.41, 5.74) is 2.76. The Bertz CT molecular complexity index is 580. The fourth-order valence-electron chi connectivity index (χ4n) is 2.45. The SMILES string of the molecule is CCC1=NN(CC)N2C1=CC(=O)CN2c1ccncc1. The molecule has 1 aromatic heterocycles. The van der Waals surface area contributed by atoms with Gasteiger partial charge in [-0.3, -0.25) is 14.8 Å². The summed E-state index contributed by atoms with van der Waals surface area (Å²) in [4.78, 5) is 16.0. The van der Waals surface area contributed by atoms with Gasteiger partial charge in [-0.25, -0.2) is 0 Å². The first-order valence-corrected chi connectivity index (χ1v) is 6.82. The Morgan fingerprint density at radius 2 is 2.00 bits per heavy atom. The van der Waals surface area contributed by atoms with Crippen molar-refractivity contribution in [3.05, 3.63) is 36.3 Å². The lowest BCUT2D eigenvalue weighted by Gasteiger charge is -2.41. The minimum absolute atomic E-state index is 0.0900. The predicted molar refractivity (Wildman–Crippen MR) is 76.6 cm³/mol. The van der Waals surface area contributed by atoms with E-state index < -0.39 is 0 Å². The Morgan fingerprint density at radius 3 is 2.65 bits per heavy atom. The van der Waals surface area contributed by atoms with Crippen LogP contribution in [-0.4, -0.2) is 39.8 Å². The van der Waals surface area contributed by atoms with Crippen LogP contribution in [0.5, 0.6) is 0 Å². The zero-order valence-corrected chi connectivity index (χ0v) is 11.7. The lowest BCUT2D eigenvalue weighted by Crippen LogP contribution is -2.53. The molecule has 0 aliphatic carbocycles. The molecule has 0 radical (unpaired) electrons. The minimum Gasteiger partial charge on any atom is -0.293 e. The zero-order valence-electron chi connectivity index (χ0n) is 11.7. The van der Waals surface area contributed by atoms with Crippen LogP contribution in [0.1, 0.15) is 20.3 Å². The summed E-state index contributed by atoms with van der Waals surface area (Å²) >= 11 is 0. The van der Waals surface area contributed by atoms with Gasteiger partial charge in [0.2, 0.25) is 0 Å². The number of aromatic nitrogens is 1. The van der Waals surface area contributed by atoms with Gasteiger partial charge in [0.15, 0.2) is 5.78 Å². The molecule has 2 aliphatic rings. The number of hydrazone groups is 1. The van der Waals surface area contributed by atoms with Gasteiger partial charge >= 0.3 is 0 Å². The number of hydrazine groups is 2. The van der Waals surface area contributed by atoms with Crippen molar-refractivity contribution < 1.29 is 4.79 Å². The number of carbonyl (C=O) groups is 1. The molecule has 0 amide bonds. The summed E-state index contributed by atoms with van der Waals surface area (Å²) in [5, 5.41) is 10.4. The van der Waals surface area contributed by atoms with E-state index in [-0.39, 0.29) is 5.78 Å². The van der Waals surface area contributed by atoms with Crippen molar-refractivity contribution in [3.8, 4) is 0 Å². The van der Waals surface area contributed by atoms with Gasteiger partial charge in [-0.2, -0.15) is 15.3 Å². The molecule has 0 bridgehead atoms. The molecule has 0 saturated carbocycles. The molecule has 0 N–H and O–H groups in total. The number of ketones is 1. The molecule has 3 heterocycles. The van der Waals surface area contributed by atoms with E-state index in [1.54, 1.807) is 18.5 Å². The first-order chi connectivity index (χ1) is 9.74. The van der Waals surface area contributed by atoms with E-state index >= 15 is 0 Å². The second-order valence-electron chi connectivity index (χ2n) is 4.64. The van der Waals surface area contributed by atoms with E-state index in [0.29, 0.717) is 6.54 Å². The maximum absolute atomic E-state index is 12.0. The second kappa shape index (κ2) is 4.96. The van der Waals surface area contributed by atoms with Crippen molar-refractivity contribution >= 4 is 17.2 Å². The van der Waals surface area contributed by atoms with Crippen LogP contribution in [0, 0.1) is 0 Å². The lowest BCUT2D eigenvalue weighted by molar-refractivity contribution is -0.115. The number of rotatable bonds is 3. The van der Waals surface area contributed by atoms with Gasteiger partial charge in [0.05, 0.1) is 17.9 Å². The van der Waals surface area contributed by atoms with Gasteiger partial charge in [0.1, 0.15) is 12.2 Å². The van der Waals surface area contributed by atoms with E-state index in [4.69, 9.17) is 0 Å². The van der Waals surface area contributed by atoms with Crippen molar-refractivity contribution in [1.82, 2.24) is 15.2 Å². The van der Waals surface area contributed by atoms with E-state index in [1.165, 1.54) is 0 Å². The zero-order chi connectivity index (χ0) is 14.1. The quantitative estimate of drug-likeness (QED) is 0.835. The van der Waals surface area contributed by atoms with Crippen LogP contribution in [-0.2, 0) is 4.79 Å². The fraction of sp³-hybridized carbons (Fsp3) is 0.357. The number of hydrogen-bond acceptors (Lipinski definition) is 6. The van der Waals surface area contributed by atoms with Gasteiger partial charge in [0, 0.05) is 18.5 Å². The first-order valence-electron chi connectivity index (χ1n) is 6.82. The van der Waals surface area contributed by atoms with Crippen LogP contribution >= 0.6 is 0 Å². The number of pyridine rings is 1. The van der Waals surface area contributed by atoms with Crippen molar-refractivity contribution in [3.63, 3.8) is 0 Å². The van der Waals surface area contributed by atoms with E-state index in [9.17, 15) is 4.79 Å². The maximum Gasteiger partial charge on any atom is 0.179 e. The van der Waals surface area contributed by atoms with Gasteiger partial charge < -0.3 is 0 Å². The molecule has 0 saturated heterocycles. The molecular formula is C14H17N5O. The number of allylic oxidation sites excluding steroid dienone is 1. The fourth-order valence-corrected chi connectivity index (χ4v) is 2.45. The van der Waals surface area contributed by atoms with Crippen LogP contribution in [0.25, 0.3) is 0 Å². The molecule has 6 nitrogen and oxygen atoms in total. The topological polar surface area (TPSA) is 52.0 Å². The molecule has 1 aromatic rings. The van der Waals surface area contributed by atoms with Crippen LogP contribution in [0.2, 0.25) is 0 Å². The summed E-state index contributed by atoms with van der Waals surface area (Å²) < 4.78 is 0. The second-order valence-corrected chi connectivity index (χ2v) is 4.64. The van der Waals surface area contributed by atoms with Crippen LogP contribution in [0.3, 0.4) is 0 Å². The summed E-state index contributed by atoms with van der Waals surface area (Å²) in [6, 6.07) is 3.79. The average Bonchev–Trinajstić information content (AvgIpc) is 2.85. The largest absolute Gasteiger partial charge is 0.293 e. The molecule has 20 heavy (non-hydrogen) atoms. The van der Waals surface area contributed by atoms with Gasteiger partial charge in [-0.15, -0.1) is 0 Å². The van der Waals surface area contributed by atoms with Crippen molar-refractivity contribution in [1.29, 1.82) is 0 Å². The third kappa shape index (κ3) is 1.93. The monoisotopic (exact) mass is 271 g/mol. The Hall–Kier alpha value is -2.37. The summed E-state index contributed by atoms with van der Waals surface area (Å²) in [6.45, 7) is 5.15. The number of nitrogens with zero attached hydrogens (tertiary/aromatic N) is 5. The normalized spacial score (nSPS) is 18.1. The Kier molecular flexibility index (Phi) is 3.14. The van der Waals surface area contributed by atoms with Crippen LogP contribution in [0.4, 0.5) is 5.69 Å². The molecule has 0 aromatic carbocycles. The average molecular weight is 271 g/mol. The van der Waals surface area contributed by atoms with E-state index in [2.05, 4.69) is 10.1 Å². The van der Waals surface area contributed by atoms with Crippen LogP contribution < -0.4 is 5.01 Å². The van der Waals surface area contributed by atoms with Crippen molar-refractivity contribution in [2.45, 2.75) is 20.3 Å². The number of hydrogen-bond donors (Lipinski definition) is 0.